The lowest BCUT2D eigenvalue weighted by Crippen LogP contribution is -1.92. The lowest BCUT2D eigenvalue weighted by Gasteiger charge is -2.14. The Morgan fingerprint density at radius 1 is 1.06 bits per heavy atom. The van der Waals surface area contributed by atoms with E-state index >= 15 is 0 Å². The van der Waals surface area contributed by atoms with E-state index in [1.807, 2.05) is 12.1 Å². The molecule has 0 aliphatic carbocycles. The highest BCUT2D eigenvalue weighted by Gasteiger charge is 2.11. The van der Waals surface area contributed by atoms with Crippen molar-refractivity contribution in [1.82, 2.24) is 0 Å². The van der Waals surface area contributed by atoms with E-state index in [0.29, 0.717) is 4.83 Å². The number of halogens is 2. The first-order chi connectivity index (χ1) is 8.74. The summed E-state index contributed by atoms with van der Waals surface area (Å²) in [5, 5.41) is 3.25. The molecule has 0 aromatic heterocycles. The molecule has 2 rings (SSSR count). The number of rotatable bonds is 5. The lowest BCUT2D eigenvalue weighted by molar-refractivity contribution is 0.665. The van der Waals surface area contributed by atoms with Gasteiger partial charge in [-0.3, -0.25) is 0 Å². The molecule has 0 aliphatic rings. The molecule has 18 heavy (non-hydrogen) atoms. The molecule has 0 bridgehead atoms. The molecule has 0 fully saturated rings. The van der Waals surface area contributed by atoms with Gasteiger partial charge in [0.1, 0.15) is 0 Å². The van der Waals surface area contributed by atoms with Gasteiger partial charge in [0.15, 0.2) is 0 Å². The average Bonchev–Trinajstić information content (AvgIpc) is 2.39. The number of hydrogen-bond donors (Lipinski definition) is 0. The van der Waals surface area contributed by atoms with Crippen LogP contribution in [0.5, 0.6) is 0 Å². The van der Waals surface area contributed by atoms with Crippen LogP contribution in [-0.4, -0.2) is 0 Å². The Balaban J connectivity index is 2.30. The Morgan fingerprint density at radius 2 is 1.78 bits per heavy atom. The van der Waals surface area contributed by atoms with Gasteiger partial charge in [0.2, 0.25) is 0 Å². The van der Waals surface area contributed by atoms with E-state index in [1.165, 1.54) is 36.6 Å². The summed E-state index contributed by atoms with van der Waals surface area (Å²) in [6.45, 7) is 2.24. The number of fused-ring (bicyclic) bond motifs is 1. The number of alkyl halides is 1. The van der Waals surface area contributed by atoms with Crippen LogP contribution in [0.1, 0.15) is 43.0 Å². The molecule has 1 atom stereocenters. The summed E-state index contributed by atoms with van der Waals surface area (Å²) in [6, 6.07) is 12.5. The SMILES string of the molecule is CCCCCC(Br)c1ccc(Cl)c2ccccc12. The molecule has 0 saturated carbocycles. The maximum Gasteiger partial charge on any atom is 0.0484 e. The first kappa shape index (κ1) is 13.9. The monoisotopic (exact) mass is 324 g/mol. The molecule has 2 aromatic carbocycles. The largest absolute Gasteiger partial charge is 0.0839 e. The van der Waals surface area contributed by atoms with Crippen LogP contribution in [0, 0.1) is 0 Å². The van der Waals surface area contributed by atoms with Gasteiger partial charge < -0.3 is 0 Å². The third kappa shape index (κ3) is 3.07. The fraction of sp³-hybridized carbons (Fsp3) is 0.375. The van der Waals surface area contributed by atoms with Crippen LogP contribution in [0.15, 0.2) is 36.4 Å². The van der Waals surface area contributed by atoms with Gasteiger partial charge in [0, 0.05) is 15.2 Å². The second-order valence-corrected chi connectivity index (χ2v) is 6.16. The summed E-state index contributed by atoms with van der Waals surface area (Å²) in [4.78, 5) is 0.422. The van der Waals surface area contributed by atoms with Crippen LogP contribution >= 0.6 is 27.5 Å². The molecule has 0 heterocycles. The van der Waals surface area contributed by atoms with Gasteiger partial charge in [0.05, 0.1) is 0 Å². The van der Waals surface area contributed by atoms with Crippen molar-refractivity contribution in [2.24, 2.45) is 0 Å². The fourth-order valence-electron chi connectivity index (χ4n) is 2.29. The zero-order chi connectivity index (χ0) is 13.0. The molecule has 0 amide bonds. The second kappa shape index (κ2) is 6.58. The van der Waals surface area contributed by atoms with E-state index in [0.717, 1.165) is 10.4 Å². The average molecular weight is 326 g/mol. The van der Waals surface area contributed by atoms with E-state index in [-0.39, 0.29) is 0 Å². The Labute approximate surface area is 122 Å². The molecule has 0 aliphatic heterocycles. The zero-order valence-corrected chi connectivity index (χ0v) is 13.0. The number of hydrogen-bond acceptors (Lipinski definition) is 0. The van der Waals surface area contributed by atoms with Crippen molar-refractivity contribution < 1.29 is 0 Å². The predicted octanol–water partition coefficient (Wildman–Crippen LogP) is 6.51. The Hall–Kier alpha value is -0.530. The minimum Gasteiger partial charge on any atom is -0.0839 e. The molecule has 0 radical (unpaired) electrons. The van der Waals surface area contributed by atoms with Gasteiger partial charge in [-0.2, -0.15) is 0 Å². The minimum atomic E-state index is 0.422. The van der Waals surface area contributed by atoms with E-state index in [9.17, 15) is 0 Å². The lowest BCUT2D eigenvalue weighted by atomic mass is 9.99. The third-order valence-corrected chi connectivity index (χ3v) is 4.58. The van der Waals surface area contributed by atoms with Crippen LogP contribution in [0.3, 0.4) is 0 Å². The van der Waals surface area contributed by atoms with Gasteiger partial charge in [-0.25, -0.2) is 0 Å². The minimum absolute atomic E-state index is 0.422. The van der Waals surface area contributed by atoms with Gasteiger partial charge in [-0.15, -0.1) is 0 Å². The third-order valence-electron chi connectivity index (χ3n) is 3.30. The summed E-state index contributed by atoms with van der Waals surface area (Å²) in [5.74, 6) is 0. The van der Waals surface area contributed by atoms with E-state index in [4.69, 9.17) is 11.6 Å². The highest BCUT2D eigenvalue weighted by molar-refractivity contribution is 9.09. The topological polar surface area (TPSA) is 0 Å². The maximum atomic E-state index is 6.25. The molecule has 2 heteroatoms. The van der Waals surface area contributed by atoms with E-state index in [2.05, 4.69) is 47.1 Å². The molecule has 0 saturated heterocycles. The van der Waals surface area contributed by atoms with Gasteiger partial charge in [-0.1, -0.05) is 84.0 Å². The summed E-state index contributed by atoms with van der Waals surface area (Å²) in [7, 11) is 0. The fourth-order valence-corrected chi connectivity index (χ4v) is 3.24. The number of benzene rings is 2. The Morgan fingerprint density at radius 3 is 2.50 bits per heavy atom. The van der Waals surface area contributed by atoms with Crippen LogP contribution in [0.2, 0.25) is 5.02 Å². The van der Waals surface area contributed by atoms with E-state index < -0.39 is 0 Å². The molecular formula is C16H18BrCl. The van der Waals surface area contributed by atoms with Crippen LogP contribution < -0.4 is 0 Å². The van der Waals surface area contributed by atoms with Crippen molar-refractivity contribution in [2.45, 2.75) is 37.4 Å². The molecule has 2 aromatic rings. The highest BCUT2D eigenvalue weighted by Crippen LogP contribution is 2.36. The zero-order valence-electron chi connectivity index (χ0n) is 10.6. The molecular weight excluding hydrogens is 308 g/mol. The summed E-state index contributed by atoms with van der Waals surface area (Å²) < 4.78 is 0. The van der Waals surface area contributed by atoms with Crippen LogP contribution in [0.25, 0.3) is 10.8 Å². The molecule has 96 valence electrons. The molecule has 0 spiro atoms. The Kier molecular flexibility index (Phi) is 5.08. The van der Waals surface area contributed by atoms with Crippen LogP contribution in [-0.2, 0) is 0 Å². The van der Waals surface area contributed by atoms with Crippen molar-refractivity contribution in [3.63, 3.8) is 0 Å². The normalized spacial score (nSPS) is 12.8. The van der Waals surface area contributed by atoms with E-state index in [1.54, 1.807) is 0 Å². The quantitative estimate of drug-likeness (QED) is 0.434. The number of unbranched alkanes of at least 4 members (excludes halogenated alkanes) is 2. The summed E-state index contributed by atoms with van der Waals surface area (Å²) in [6.07, 6.45) is 5.01. The van der Waals surface area contributed by atoms with Crippen LogP contribution in [0.4, 0.5) is 0 Å². The highest BCUT2D eigenvalue weighted by atomic mass is 79.9. The molecule has 1 unspecified atom stereocenters. The summed E-state index contributed by atoms with van der Waals surface area (Å²) in [5.41, 5.74) is 1.35. The first-order valence-corrected chi connectivity index (χ1v) is 7.84. The van der Waals surface area contributed by atoms with Crippen molar-refractivity contribution in [3.05, 3.63) is 47.0 Å². The van der Waals surface area contributed by atoms with Crippen molar-refractivity contribution in [1.29, 1.82) is 0 Å². The van der Waals surface area contributed by atoms with Gasteiger partial charge >= 0.3 is 0 Å². The van der Waals surface area contributed by atoms with Crippen molar-refractivity contribution in [3.8, 4) is 0 Å². The standard InChI is InChI=1S/C16H18BrCl/c1-2-3-4-9-15(17)13-10-11-16(18)14-8-6-5-7-12(13)14/h5-8,10-11,15H,2-4,9H2,1H3. The first-order valence-electron chi connectivity index (χ1n) is 6.55. The van der Waals surface area contributed by atoms with Gasteiger partial charge in [-0.05, 0) is 23.4 Å². The van der Waals surface area contributed by atoms with Gasteiger partial charge in [0.25, 0.3) is 0 Å². The predicted molar refractivity (Wildman–Crippen MR) is 84.8 cm³/mol. The molecule has 0 nitrogen and oxygen atoms in total. The van der Waals surface area contributed by atoms with Crippen molar-refractivity contribution >= 4 is 38.3 Å². The molecule has 0 N–H and O–H groups in total. The summed E-state index contributed by atoms with van der Waals surface area (Å²) >= 11 is 10.1. The second-order valence-electron chi connectivity index (χ2n) is 4.65. The smallest absolute Gasteiger partial charge is 0.0484 e. The van der Waals surface area contributed by atoms with Crippen molar-refractivity contribution in [2.75, 3.05) is 0 Å². The maximum absolute atomic E-state index is 6.25. The Bertz CT molecular complexity index is 521.